The zero-order valence-electron chi connectivity index (χ0n) is 9.54. The SMILES string of the molecule is CN(CC(F)F)CC(C)(NC1CC1)C(=O)O. The summed E-state index contributed by atoms with van der Waals surface area (Å²) in [5.41, 5.74) is -1.15. The summed E-state index contributed by atoms with van der Waals surface area (Å²) in [4.78, 5) is 12.5. The number of halogens is 2. The number of carboxylic acids is 1. The molecular weight excluding hydrogens is 218 g/mol. The lowest BCUT2D eigenvalue weighted by molar-refractivity contribution is -0.145. The molecule has 6 heteroatoms. The van der Waals surface area contributed by atoms with Crippen molar-refractivity contribution >= 4 is 5.97 Å². The Bertz CT molecular complexity index is 259. The Morgan fingerprint density at radius 1 is 1.62 bits per heavy atom. The predicted molar refractivity (Wildman–Crippen MR) is 55.7 cm³/mol. The molecule has 1 unspecified atom stereocenters. The molecule has 16 heavy (non-hydrogen) atoms. The maximum atomic E-state index is 12.1. The lowest BCUT2D eigenvalue weighted by Gasteiger charge is -2.31. The molecule has 1 atom stereocenters. The monoisotopic (exact) mass is 236 g/mol. The number of alkyl halides is 2. The molecule has 0 aliphatic heterocycles. The largest absolute Gasteiger partial charge is 0.480 e. The third-order valence-corrected chi connectivity index (χ3v) is 2.61. The molecule has 0 saturated heterocycles. The molecule has 1 saturated carbocycles. The van der Waals surface area contributed by atoms with Crippen LogP contribution < -0.4 is 5.32 Å². The molecule has 0 bridgehead atoms. The van der Waals surface area contributed by atoms with Crippen molar-refractivity contribution in [1.82, 2.24) is 10.2 Å². The molecule has 0 radical (unpaired) electrons. The second-order valence-corrected chi connectivity index (χ2v) is 4.64. The Labute approximate surface area is 93.6 Å². The van der Waals surface area contributed by atoms with E-state index < -0.39 is 24.5 Å². The molecule has 94 valence electrons. The molecule has 0 aromatic heterocycles. The van der Waals surface area contributed by atoms with Crippen molar-refractivity contribution in [3.8, 4) is 0 Å². The van der Waals surface area contributed by atoms with Crippen molar-refractivity contribution in [2.45, 2.75) is 37.8 Å². The van der Waals surface area contributed by atoms with Crippen molar-refractivity contribution in [2.75, 3.05) is 20.1 Å². The van der Waals surface area contributed by atoms with Crippen LogP contribution in [0, 0.1) is 0 Å². The van der Waals surface area contributed by atoms with Crippen molar-refractivity contribution < 1.29 is 18.7 Å². The Kier molecular flexibility index (Phi) is 4.21. The van der Waals surface area contributed by atoms with E-state index in [1.54, 1.807) is 0 Å². The fraction of sp³-hybridized carbons (Fsp3) is 0.900. The van der Waals surface area contributed by atoms with E-state index in [9.17, 15) is 13.6 Å². The van der Waals surface area contributed by atoms with Gasteiger partial charge < -0.3 is 5.11 Å². The number of likely N-dealkylation sites (N-methyl/N-ethyl adjacent to an activating group) is 1. The number of carboxylic acid groups (broad SMARTS) is 1. The van der Waals surface area contributed by atoms with E-state index in [1.807, 2.05) is 0 Å². The summed E-state index contributed by atoms with van der Waals surface area (Å²) in [5, 5.41) is 12.1. The van der Waals surface area contributed by atoms with Crippen molar-refractivity contribution in [3.63, 3.8) is 0 Å². The van der Waals surface area contributed by atoms with Gasteiger partial charge in [-0.15, -0.1) is 0 Å². The van der Waals surface area contributed by atoms with Gasteiger partial charge in [-0.3, -0.25) is 15.0 Å². The lowest BCUT2D eigenvalue weighted by Crippen LogP contribution is -2.57. The highest BCUT2D eigenvalue weighted by atomic mass is 19.3. The summed E-state index contributed by atoms with van der Waals surface area (Å²) in [6.07, 6.45) is -0.521. The predicted octanol–water partition coefficient (Wildman–Crippen LogP) is 0.779. The van der Waals surface area contributed by atoms with Gasteiger partial charge in [0.05, 0.1) is 6.54 Å². The Hall–Kier alpha value is -0.750. The second-order valence-electron chi connectivity index (χ2n) is 4.64. The van der Waals surface area contributed by atoms with Crippen LogP contribution in [0.5, 0.6) is 0 Å². The van der Waals surface area contributed by atoms with Crippen molar-refractivity contribution in [2.24, 2.45) is 0 Å². The standard InChI is InChI=1S/C10H18F2N2O2/c1-10(9(15)16,13-7-3-4-7)6-14(2)5-8(11)12/h7-8,13H,3-6H2,1-2H3,(H,15,16). The highest BCUT2D eigenvalue weighted by Crippen LogP contribution is 2.23. The highest BCUT2D eigenvalue weighted by Gasteiger charge is 2.39. The quantitative estimate of drug-likeness (QED) is 0.686. The summed E-state index contributed by atoms with van der Waals surface area (Å²) in [6, 6.07) is 0.223. The lowest BCUT2D eigenvalue weighted by atomic mass is 10.0. The Morgan fingerprint density at radius 3 is 2.56 bits per heavy atom. The third-order valence-electron chi connectivity index (χ3n) is 2.61. The van der Waals surface area contributed by atoms with Gasteiger partial charge in [0.15, 0.2) is 0 Å². The molecule has 0 aromatic rings. The van der Waals surface area contributed by atoms with Crippen molar-refractivity contribution in [3.05, 3.63) is 0 Å². The number of aliphatic carboxylic acids is 1. The fourth-order valence-corrected chi connectivity index (χ4v) is 1.69. The number of nitrogens with one attached hydrogen (secondary N) is 1. The first-order valence-electron chi connectivity index (χ1n) is 5.31. The zero-order valence-corrected chi connectivity index (χ0v) is 9.54. The first-order valence-corrected chi connectivity index (χ1v) is 5.31. The topological polar surface area (TPSA) is 52.6 Å². The van der Waals surface area contributed by atoms with Gasteiger partial charge in [-0.05, 0) is 26.8 Å². The van der Waals surface area contributed by atoms with Crippen LogP contribution in [0.1, 0.15) is 19.8 Å². The van der Waals surface area contributed by atoms with Crippen LogP contribution in [0.3, 0.4) is 0 Å². The van der Waals surface area contributed by atoms with E-state index in [1.165, 1.54) is 18.9 Å². The van der Waals surface area contributed by atoms with Gasteiger partial charge in [-0.25, -0.2) is 8.78 Å². The number of rotatable bonds is 7. The van der Waals surface area contributed by atoms with Crippen LogP contribution in [-0.2, 0) is 4.79 Å². The van der Waals surface area contributed by atoms with Gasteiger partial charge in [0, 0.05) is 12.6 Å². The molecule has 0 aromatic carbocycles. The van der Waals surface area contributed by atoms with Gasteiger partial charge in [-0.1, -0.05) is 0 Å². The molecular formula is C10H18F2N2O2. The first-order chi connectivity index (χ1) is 7.33. The van der Waals surface area contributed by atoms with Gasteiger partial charge in [0.1, 0.15) is 5.54 Å². The Balaban J connectivity index is 2.51. The number of carbonyl (C=O) groups is 1. The highest BCUT2D eigenvalue weighted by molar-refractivity contribution is 5.78. The van der Waals surface area contributed by atoms with Crippen LogP contribution in [0.25, 0.3) is 0 Å². The molecule has 1 fully saturated rings. The minimum Gasteiger partial charge on any atom is -0.480 e. The molecule has 0 heterocycles. The number of nitrogens with zero attached hydrogens (tertiary/aromatic N) is 1. The van der Waals surface area contributed by atoms with E-state index in [4.69, 9.17) is 5.11 Å². The van der Waals surface area contributed by atoms with Gasteiger partial charge in [0.2, 0.25) is 0 Å². The normalized spacial score (nSPS) is 20.1. The number of hydrogen-bond donors (Lipinski definition) is 2. The molecule has 1 aliphatic rings. The van der Waals surface area contributed by atoms with Crippen LogP contribution in [0.15, 0.2) is 0 Å². The maximum Gasteiger partial charge on any atom is 0.324 e. The minimum absolute atomic E-state index is 0.0726. The van der Waals surface area contributed by atoms with E-state index in [-0.39, 0.29) is 12.6 Å². The van der Waals surface area contributed by atoms with Crippen LogP contribution >= 0.6 is 0 Å². The molecule has 2 N–H and O–H groups in total. The van der Waals surface area contributed by atoms with Gasteiger partial charge >= 0.3 is 5.97 Å². The zero-order chi connectivity index (χ0) is 12.3. The van der Waals surface area contributed by atoms with E-state index >= 15 is 0 Å². The van der Waals surface area contributed by atoms with Gasteiger partial charge in [-0.2, -0.15) is 0 Å². The van der Waals surface area contributed by atoms with Crippen molar-refractivity contribution in [1.29, 1.82) is 0 Å². The van der Waals surface area contributed by atoms with E-state index in [0.29, 0.717) is 0 Å². The first kappa shape index (κ1) is 13.3. The summed E-state index contributed by atoms with van der Waals surface area (Å²) in [5.74, 6) is -1.000. The molecule has 0 amide bonds. The van der Waals surface area contributed by atoms with E-state index in [0.717, 1.165) is 12.8 Å². The smallest absolute Gasteiger partial charge is 0.324 e. The maximum absolute atomic E-state index is 12.1. The molecule has 1 aliphatic carbocycles. The van der Waals surface area contributed by atoms with Crippen LogP contribution in [-0.4, -0.2) is 54.1 Å². The second kappa shape index (κ2) is 5.05. The third kappa shape index (κ3) is 4.02. The van der Waals surface area contributed by atoms with E-state index in [2.05, 4.69) is 5.32 Å². The Morgan fingerprint density at radius 2 is 2.19 bits per heavy atom. The fourth-order valence-electron chi connectivity index (χ4n) is 1.69. The summed E-state index contributed by atoms with van der Waals surface area (Å²) >= 11 is 0. The average molecular weight is 236 g/mol. The number of hydrogen-bond acceptors (Lipinski definition) is 3. The molecule has 1 rings (SSSR count). The molecule has 0 spiro atoms. The van der Waals surface area contributed by atoms with Gasteiger partial charge in [0.25, 0.3) is 6.43 Å². The summed E-state index contributed by atoms with van der Waals surface area (Å²) in [7, 11) is 1.50. The van der Waals surface area contributed by atoms with Crippen LogP contribution in [0.2, 0.25) is 0 Å². The summed E-state index contributed by atoms with van der Waals surface area (Å²) in [6.45, 7) is 1.20. The summed E-state index contributed by atoms with van der Waals surface area (Å²) < 4.78 is 24.3. The minimum atomic E-state index is -2.44. The average Bonchev–Trinajstić information content (AvgIpc) is 2.85. The van der Waals surface area contributed by atoms with Crippen LogP contribution in [0.4, 0.5) is 8.78 Å². The molecule has 4 nitrogen and oxygen atoms in total.